The van der Waals surface area contributed by atoms with E-state index in [0.29, 0.717) is 5.75 Å². The van der Waals surface area contributed by atoms with Crippen LogP contribution in [0.5, 0.6) is 5.75 Å². The maximum atomic E-state index is 11.2. The van der Waals surface area contributed by atoms with E-state index in [-0.39, 0.29) is 19.1 Å². The van der Waals surface area contributed by atoms with Crippen LogP contribution in [0.1, 0.15) is 5.56 Å². The van der Waals surface area contributed by atoms with Crippen LogP contribution in [0.4, 0.5) is 0 Å². The molecular weight excluding hydrogens is 208 g/mol. The Morgan fingerprint density at radius 1 is 1.56 bits per heavy atom. The maximum Gasteiger partial charge on any atom is 0.224 e. The number of azide groups is 1. The van der Waals surface area contributed by atoms with Gasteiger partial charge in [-0.2, -0.15) is 0 Å². The van der Waals surface area contributed by atoms with Crippen LogP contribution < -0.4 is 10.1 Å². The standard InChI is InChI=1S/C10H12N4O2/c1-12-10(15)6-8-4-2-3-5-9(8)16-7-13-14-11/h2-5H,6-7H2,1H3,(H,12,15). The first kappa shape index (κ1) is 11.9. The monoisotopic (exact) mass is 220 g/mol. The molecule has 0 atom stereocenters. The van der Waals surface area contributed by atoms with Crippen LogP contribution in [-0.2, 0) is 11.2 Å². The van der Waals surface area contributed by atoms with Crippen LogP contribution in [-0.4, -0.2) is 19.7 Å². The van der Waals surface area contributed by atoms with Gasteiger partial charge in [-0.05, 0) is 11.6 Å². The predicted octanol–water partition coefficient (Wildman–Crippen LogP) is 1.62. The molecule has 0 aliphatic heterocycles. The minimum absolute atomic E-state index is 0.0821. The Balaban J connectivity index is 2.74. The number of ether oxygens (including phenoxy) is 1. The van der Waals surface area contributed by atoms with Gasteiger partial charge in [0.1, 0.15) is 5.75 Å². The summed E-state index contributed by atoms with van der Waals surface area (Å²) < 4.78 is 5.22. The quantitative estimate of drug-likeness (QED) is 0.464. The van der Waals surface area contributed by atoms with Gasteiger partial charge in [-0.1, -0.05) is 23.3 Å². The van der Waals surface area contributed by atoms with E-state index in [9.17, 15) is 4.79 Å². The molecule has 0 saturated carbocycles. The lowest BCUT2D eigenvalue weighted by Crippen LogP contribution is -2.20. The average Bonchev–Trinajstić information content (AvgIpc) is 2.31. The molecule has 0 unspecified atom stereocenters. The fourth-order valence-electron chi connectivity index (χ4n) is 1.18. The van der Waals surface area contributed by atoms with Crippen LogP contribution >= 0.6 is 0 Å². The van der Waals surface area contributed by atoms with E-state index in [0.717, 1.165) is 5.56 Å². The van der Waals surface area contributed by atoms with Crippen LogP contribution in [0.2, 0.25) is 0 Å². The minimum atomic E-state index is -0.0974. The summed E-state index contributed by atoms with van der Waals surface area (Å²) in [6.07, 6.45) is 0.239. The van der Waals surface area contributed by atoms with Crippen molar-refractivity contribution < 1.29 is 9.53 Å². The zero-order chi connectivity index (χ0) is 11.8. The Labute approximate surface area is 92.8 Å². The van der Waals surface area contributed by atoms with Crippen molar-refractivity contribution in [3.63, 3.8) is 0 Å². The lowest BCUT2D eigenvalue weighted by molar-refractivity contribution is -0.119. The number of likely N-dealkylation sites (N-methyl/N-ethyl adjacent to an activating group) is 1. The van der Waals surface area contributed by atoms with E-state index in [1.807, 2.05) is 6.07 Å². The van der Waals surface area contributed by atoms with Crippen LogP contribution in [0.15, 0.2) is 29.4 Å². The predicted molar refractivity (Wildman–Crippen MR) is 58.9 cm³/mol. The Hall–Kier alpha value is -2.20. The lowest BCUT2D eigenvalue weighted by Gasteiger charge is -2.08. The zero-order valence-corrected chi connectivity index (χ0v) is 8.88. The molecular formula is C10H12N4O2. The van der Waals surface area contributed by atoms with Crippen molar-refractivity contribution in [2.45, 2.75) is 6.42 Å². The topological polar surface area (TPSA) is 87.1 Å². The number of amides is 1. The summed E-state index contributed by atoms with van der Waals surface area (Å²) in [6, 6.07) is 7.13. The summed E-state index contributed by atoms with van der Waals surface area (Å²) in [5, 5.41) is 5.80. The molecule has 6 heteroatoms. The molecule has 0 saturated heterocycles. The number of nitrogens with zero attached hydrogens (tertiary/aromatic N) is 3. The number of nitrogens with one attached hydrogen (secondary N) is 1. The number of para-hydroxylation sites is 1. The number of carbonyl (C=O) groups is 1. The highest BCUT2D eigenvalue weighted by Crippen LogP contribution is 2.18. The van der Waals surface area contributed by atoms with E-state index >= 15 is 0 Å². The second-order valence-corrected chi connectivity index (χ2v) is 2.96. The Bertz CT molecular complexity index is 413. The van der Waals surface area contributed by atoms with Gasteiger partial charge in [0.2, 0.25) is 5.91 Å². The van der Waals surface area contributed by atoms with Gasteiger partial charge in [0, 0.05) is 17.5 Å². The third-order valence-corrected chi connectivity index (χ3v) is 1.94. The summed E-state index contributed by atoms with van der Waals surface area (Å²) in [5.74, 6) is 0.457. The highest BCUT2D eigenvalue weighted by atomic mass is 16.5. The molecule has 16 heavy (non-hydrogen) atoms. The molecule has 0 heterocycles. The highest BCUT2D eigenvalue weighted by molar-refractivity contribution is 5.78. The highest BCUT2D eigenvalue weighted by Gasteiger charge is 2.06. The second kappa shape index (κ2) is 6.31. The number of hydrogen-bond acceptors (Lipinski definition) is 3. The van der Waals surface area contributed by atoms with Gasteiger partial charge >= 0.3 is 0 Å². The van der Waals surface area contributed by atoms with E-state index in [4.69, 9.17) is 10.3 Å². The largest absolute Gasteiger partial charge is 0.487 e. The molecule has 1 amide bonds. The van der Waals surface area contributed by atoms with E-state index in [1.165, 1.54) is 0 Å². The molecule has 0 aliphatic carbocycles. The Kier molecular flexibility index (Phi) is 4.69. The van der Waals surface area contributed by atoms with Crippen LogP contribution in [0.25, 0.3) is 10.4 Å². The third kappa shape index (κ3) is 3.51. The summed E-state index contributed by atoms with van der Waals surface area (Å²) >= 11 is 0. The molecule has 0 radical (unpaired) electrons. The molecule has 1 aromatic carbocycles. The molecule has 0 bridgehead atoms. The van der Waals surface area contributed by atoms with Gasteiger partial charge in [0.15, 0.2) is 6.73 Å². The van der Waals surface area contributed by atoms with E-state index < -0.39 is 0 Å². The SMILES string of the molecule is CNC(=O)Cc1ccccc1OCN=[N+]=[N-]. The molecule has 0 spiro atoms. The fourth-order valence-corrected chi connectivity index (χ4v) is 1.18. The number of carbonyl (C=O) groups excluding carboxylic acids is 1. The molecule has 1 N–H and O–H groups in total. The molecule has 84 valence electrons. The third-order valence-electron chi connectivity index (χ3n) is 1.94. The van der Waals surface area contributed by atoms with Gasteiger partial charge < -0.3 is 10.1 Å². The van der Waals surface area contributed by atoms with Crippen LogP contribution in [0.3, 0.4) is 0 Å². The Morgan fingerprint density at radius 2 is 2.31 bits per heavy atom. The normalized spacial score (nSPS) is 9.06. The maximum absolute atomic E-state index is 11.2. The summed E-state index contributed by atoms with van der Waals surface area (Å²) in [6.45, 7) is -0.0821. The fraction of sp³-hybridized carbons (Fsp3) is 0.300. The van der Waals surface area contributed by atoms with Crippen molar-refractivity contribution in [1.82, 2.24) is 5.32 Å². The van der Waals surface area contributed by atoms with Crippen molar-refractivity contribution in [2.24, 2.45) is 5.11 Å². The van der Waals surface area contributed by atoms with Gasteiger partial charge in [-0.3, -0.25) is 4.79 Å². The van der Waals surface area contributed by atoms with Crippen molar-refractivity contribution in [1.29, 1.82) is 0 Å². The van der Waals surface area contributed by atoms with Gasteiger partial charge in [0.05, 0.1) is 6.42 Å². The first-order chi connectivity index (χ1) is 7.77. The molecule has 0 aromatic heterocycles. The molecule has 0 aliphatic rings. The minimum Gasteiger partial charge on any atom is -0.487 e. The number of hydrogen-bond donors (Lipinski definition) is 1. The van der Waals surface area contributed by atoms with Gasteiger partial charge in [-0.15, -0.1) is 0 Å². The van der Waals surface area contributed by atoms with Crippen molar-refractivity contribution in [3.05, 3.63) is 40.3 Å². The lowest BCUT2D eigenvalue weighted by atomic mass is 10.1. The van der Waals surface area contributed by atoms with Crippen LogP contribution in [0, 0.1) is 0 Å². The van der Waals surface area contributed by atoms with E-state index in [2.05, 4.69) is 15.3 Å². The van der Waals surface area contributed by atoms with Crippen molar-refractivity contribution >= 4 is 5.91 Å². The summed E-state index contributed by atoms with van der Waals surface area (Å²) in [5.41, 5.74) is 8.87. The van der Waals surface area contributed by atoms with Crippen molar-refractivity contribution in [3.8, 4) is 5.75 Å². The first-order valence-electron chi connectivity index (χ1n) is 4.70. The van der Waals surface area contributed by atoms with Crippen molar-refractivity contribution in [2.75, 3.05) is 13.8 Å². The number of rotatable bonds is 5. The second-order valence-electron chi connectivity index (χ2n) is 2.96. The van der Waals surface area contributed by atoms with Gasteiger partial charge in [0.25, 0.3) is 0 Å². The zero-order valence-electron chi connectivity index (χ0n) is 8.88. The van der Waals surface area contributed by atoms with Gasteiger partial charge in [-0.25, -0.2) is 0 Å². The molecule has 0 fully saturated rings. The molecule has 6 nitrogen and oxygen atoms in total. The molecule has 1 rings (SSSR count). The first-order valence-corrected chi connectivity index (χ1v) is 4.70. The summed E-state index contributed by atoms with van der Waals surface area (Å²) in [7, 11) is 1.58. The number of benzene rings is 1. The Morgan fingerprint density at radius 3 is 3.00 bits per heavy atom. The smallest absolute Gasteiger partial charge is 0.224 e. The summed E-state index contributed by atoms with van der Waals surface area (Å²) in [4.78, 5) is 13.8. The molecule has 1 aromatic rings. The average molecular weight is 220 g/mol. The van der Waals surface area contributed by atoms with E-state index in [1.54, 1.807) is 25.2 Å².